The molecule has 1 aliphatic heterocycles. The molecule has 4 N–H and O–H groups in total. The highest BCUT2D eigenvalue weighted by atomic mass is 35.5. The Balaban J connectivity index is 2.00. The van der Waals surface area contributed by atoms with Crippen LogP contribution in [0.2, 0.25) is 5.02 Å². The molecule has 2 aromatic rings. The third-order valence-electron chi connectivity index (χ3n) is 3.49. The van der Waals surface area contributed by atoms with Crippen LogP contribution in [0.4, 0.5) is 11.5 Å². The molecule has 110 valence electrons. The highest BCUT2D eigenvalue weighted by Crippen LogP contribution is 2.33. The smallest absolute Gasteiger partial charge is 0.169 e. The molecular formula is C14H16ClN5O. The average molecular weight is 306 g/mol. The molecule has 0 radical (unpaired) electrons. The number of hydrogen-bond donors (Lipinski definition) is 3. The van der Waals surface area contributed by atoms with Crippen molar-refractivity contribution in [2.24, 2.45) is 0 Å². The maximum Gasteiger partial charge on any atom is 0.169 e. The van der Waals surface area contributed by atoms with Gasteiger partial charge in [0.05, 0.1) is 11.4 Å². The summed E-state index contributed by atoms with van der Waals surface area (Å²) < 4.78 is 0. The van der Waals surface area contributed by atoms with Gasteiger partial charge in [0.15, 0.2) is 5.82 Å². The summed E-state index contributed by atoms with van der Waals surface area (Å²) in [7, 11) is 0. The zero-order valence-corrected chi connectivity index (χ0v) is 12.1. The van der Waals surface area contributed by atoms with Gasteiger partial charge in [-0.25, -0.2) is 0 Å². The van der Waals surface area contributed by atoms with Gasteiger partial charge in [0.25, 0.3) is 0 Å². The fraction of sp³-hybridized carbons (Fsp3) is 0.286. The van der Waals surface area contributed by atoms with E-state index >= 15 is 0 Å². The van der Waals surface area contributed by atoms with E-state index < -0.39 is 0 Å². The molecule has 2 heterocycles. The number of phenolic OH excluding ortho intramolecular Hbond substituents is 1. The zero-order chi connectivity index (χ0) is 14.8. The van der Waals surface area contributed by atoms with E-state index in [9.17, 15) is 5.11 Å². The van der Waals surface area contributed by atoms with E-state index in [1.165, 1.54) is 6.07 Å². The number of rotatable bonds is 2. The van der Waals surface area contributed by atoms with Crippen LogP contribution >= 0.6 is 11.6 Å². The fourth-order valence-corrected chi connectivity index (χ4v) is 2.57. The van der Waals surface area contributed by atoms with Crippen LogP contribution in [-0.4, -0.2) is 41.5 Å². The van der Waals surface area contributed by atoms with Gasteiger partial charge < -0.3 is 21.1 Å². The summed E-state index contributed by atoms with van der Waals surface area (Å²) >= 11 is 5.85. The predicted molar refractivity (Wildman–Crippen MR) is 83.6 cm³/mol. The lowest BCUT2D eigenvalue weighted by Crippen LogP contribution is -2.43. The standard InChI is InChI=1S/C14H16ClN5O/c15-9-1-2-10(13(21)7-9)11-8-12(14(16)19-18-11)20-5-3-17-4-6-20/h1-2,7-8,17,21H,3-6H2,(H2,16,19). The third kappa shape index (κ3) is 2.86. The van der Waals surface area contributed by atoms with Gasteiger partial charge in [0.2, 0.25) is 0 Å². The normalized spacial score (nSPS) is 15.2. The molecule has 6 nitrogen and oxygen atoms in total. The number of benzene rings is 1. The van der Waals surface area contributed by atoms with Crippen LogP contribution in [-0.2, 0) is 0 Å². The highest BCUT2D eigenvalue weighted by Gasteiger charge is 2.17. The molecule has 7 heteroatoms. The molecule has 3 rings (SSSR count). The number of nitrogens with two attached hydrogens (primary N) is 1. The van der Waals surface area contributed by atoms with E-state index in [1.54, 1.807) is 12.1 Å². The van der Waals surface area contributed by atoms with E-state index in [4.69, 9.17) is 17.3 Å². The van der Waals surface area contributed by atoms with Crippen molar-refractivity contribution < 1.29 is 5.11 Å². The molecule has 21 heavy (non-hydrogen) atoms. The Bertz CT molecular complexity index is 658. The van der Waals surface area contributed by atoms with Crippen LogP contribution in [0, 0.1) is 0 Å². The van der Waals surface area contributed by atoms with Crippen molar-refractivity contribution in [1.82, 2.24) is 15.5 Å². The highest BCUT2D eigenvalue weighted by molar-refractivity contribution is 6.30. The lowest BCUT2D eigenvalue weighted by Gasteiger charge is -2.30. The monoisotopic (exact) mass is 305 g/mol. The maximum atomic E-state index is 10.0. The summed E-state index contributed by atoms with van der Waals surface area (Å²) in [5.41, 5.74) is 7.95. The SMILES string of the molecule is Nc1nnc(-c2ccc(Cl)cc2O)cc1N1CCNCC1. The number of nitrogens with one attached hydrogen (secondary N) is 1. The Kier molecular flexibility index (Phi) is 3.81. The maximum absolute atomic E-state index is 10.0. The second kappa shape index (κ2) is 5.75. The Morgan fingerprint density at radius 3 is 2.67 bits per heavy atom. The van der Waals surface area contributed by atoms with Crippen molar-refractivity contribution in [2.75, 3.05) is 36.8 Å². The number of nitrogen functional groups attached to an aromatic ring is 1. The Hall–Kier alpha value is -2.05. The number of hydrogen-bond acceptors (Lipinski definition) is 6. The fourth-order valence-electron chi connectivity index (χ4n) is 2.40. The Morgan fingerprint density at radius 1 is 1.19 bits per heavy atom. The van der Waals surface area contributed by atoms with Crippen molar-refractivity contribution in [3.63, 3.8) is 0 Å². The first kappa shape index (κ1) is 13.9. The van der Waals surface area contributed by atoms with Gasteiger partial charge in [-0.2, -0.15) is 0 Å². The molecule has 1 aliphatic rings. The number of halogens is 1. The topological polar surface area (TPSA) is 87.3 Å². The van der Waals surface area contributed by atoms with E-state index in [0.717, 1.165) is 31.9 Å². The van der Waals surface area contributed by atoms with Gasteiger partial charge in [0.1, 0.15) is 5.75 Å². The second-order valence-corrected chi connectivity index (χ2v) is 5.34. The largest absolute Gasteiger partial charge is 0.507 e. The first-order valence-electron chi connectivity index (χ1n) is 6.73. The van der Waals surface area contributed by atoms with E-state index in [1.807, 2.05) is 6.07 Å². The van der Waals surface area contributed by atoms with Crippen molar-refractivity contribution in [3.05, 3.63) is 29.3 Å². The minimum absolute atomic E-state index is 0.0767. The van der Waals surface area contributed by atoms with E-state index in [2.05, 4.69) is 20.4 Å². The molecule has 0 atom stereocenters. The van der Waals surface area contributed by atoms with Gasteiger partial charge in [0, 0.05) is 36.8 Å². The minimum atomic E-state index is 0.0767. The van der Waals surface area contributed by atoms with Crippen LogP contribution in [0.3, 0.4) is 0 Å². The number of piperazine rings is 1. The molecule has 0 unspecified atom stereocenters. The number of aromatic hydroxyl groups is 1. The van der Waals surface area contributed by atoms with Gasteiger partial charge in [-0.05, 0) is 24.3 Å². The summed E-state index contributed by atoms with van der Waals surface area (Å²) in [6.45, 7) is 3.54. The third-order valence-corrected chi connectivity index (χ3v) is 3.73. The first-order chi connectivity index (χ1) is 10.1. The van der Waals surface area contributed by atoms with Crippen LogP contribution < -0.4 is 16.0 Å². The van der Waals surface area contributed by atoms with Crippen molar-refractivity contribution in [3.8, 4) is 17.0 Å². The van der Waals surface area contributed by atoms with Gasteiger partial charge >= 0.3 is 0 Å². The average Bonchev–Trinajstić information content (AvgIpc) is 2.49. The number of anilines is 2. The molecular weight excluding hydrogens is 290 g/mol. The van der Waals surface area contributed by atoms with Gasteiger partial charge in [-0.15, -0.1) is 10.2 Å². The summed E-state index contributed by atoms with van der Waals surface area (Å²) in [4.78, 5) is 2.16. The van der Waals surface area contributed by atoms with E-state index in [-0.39, 0.29) is 5.75 Å². The number of nitrogens with zero attached hydrogens (tertiary/aromatic N) is 3. The molecule has 1 saturated heterocycles. The second-order valence-electron chi connectivity index (χ2n) is 4.90. The molecule has 0 spiro atoms. The molecule has 1 aromatic heterocycles. The Labute approximate surface area is 127 Å². The summed E-state index contributed by atoms with van der Waals surface area (Å²) in [5.74, 6) is 0.474. The molecule has 0 amide bonds. The molecule has 0 bridgehead atoms. The van der Waals surface area contributed by atoms with Crippen molar-refractivity contribution >= 4 is 23.1 Å². The van der Waals surface area contributed by atoms with Crippen LogP contribution in [0.1, 0.15) is 0 Å². The minimum Gasteiger partial charge on any atom is -0.507 e. The molecule has 1 aromatic carbocycles. The lowest BCUT2D eigenvalue weighted by atomic mass is 10.1. The van der Waals surface area contributed by atoms with Crippen molar-refractivity contribution in [1.29, 1.82) is 0 Å². The van der Waals surface area contributed by atoms with Gasteiger partial charge in [-0.1, -0.05) is 11.6 Å². The lowest BCUT2D eigenvalue weighted by molar-refractivity contribution is 0.477. The molecule has 0 aliphatic carbocycles. The van der Waals surface area contributed by atoms with Crippen LogP contribution in [0.25, 0.3) is 11.3 Å². The van der Waals surface area contributed by atoms with Crippen molar-refractivity contribution in [2.45, 2.75) is 0 Å². The zero-order valence-electron chi connectivity index (χ0n) is 11.4. The summed E-state index contributed by atoms with van der Waals surface area (Å²) in [6, 6.07) is 6.77. The quantitative estimate of drug-likeness (QED) is 0.779. The molecule has 0 saturated carbocycles. The predicted octanol–water partition coefficient (Wildman–Crippen LogP) is 1.49. The Morgan fingerprint density at radius 2 is 1.95 bits per heavy atom. The molecule has 1 fully saturated rings. The van der Waals surface area contributed by atoms with Gasteiger partial charge in [-0.3, -0.25) is 0 Å². The summed E-state index contributed by atoms with van der Waals surface area (Å²) in [6.07, 6.45) is 0. The number of aromatic nitrogens is 2. The van der Waals surface area contributed by atoms with Crippen LogP contribution in [0.5, 0.6) is 5.75 Å². The van der Waals surface area contributed by atoms with Crippen LogP contribution in [0.15, 0.2) is 24.3 Å². The summed E-state index contributed by atoms with van der Waals surface area (Å²) in [5, 5.41) is 21.9. The number of phenols is 1. The van der Waals surface area contributed by atoms with E-state index in [0.29, 0.717) is 22.1 Å². The first-order valence-corrected chi connectivity index (χ1v) is 7.10.